The van der Waals surface area contributed by atoms with E-state index in [4.69, 9.17) is 19.2 Å². The Morgan fingerprint density at radius 1 is 0.960 bits per heavy atom. The van der Waals surface area contributed by atoms with Gasteiger partial charge >= 0.3 is 11.9 Å². The largest absolute Gasteiger partial charge is 0.497 e. The number of nitrogens with zero attached hydrogens (tertiary/aromatic N) is 1. The summed E-state index contributed by atoms with van der Waals surface area (Å²) in [5.41, 5.74) is 2.10. The van der Waals surface area contributed by atoms with Gasteiger partial charge in [-0.25, -0.2) is 14.6 Å². The second-order valence-corrected chi connectivity index (χ2v) is 12.5. The lowest BCUT2D eigenvalue weighted by Gasteiger charge is -2.25. The molecule has 1 heterocycles. The zero-order chi connectivity index (χ0) is 36.5. The number of aliphatic carboxylic acids is 1. The highest BCUT2D eigenvalue weighted by Crippen LogP contribution is 2.36. The fraction of sp³-hybridized carbons (Fsp3) is 0.405. The lowest BCUT2D eigenvalue weighted by Crippen LogP contribution is -2.54. The van der Waals surface area contributed by atoms with E-state index in [1.165, 1.54) is 20.1 Å². The van der Waals surface area contributed by atoms with Crippen LogP contribution in [0.4, 0.5) is 0 Å². The lowest BCUT2D eigenvalue weighted by atomic mass is 9.97. The molecular weight excluding hydrogens is 644 g/mol. The number of carboxylic acid groups (broad SMARTS) is 1. The van der Waals surface area contributed by atoms with Crippen LogP contribution in [0.1, 0.15) is 47.0 Å². The molecule has 3 aromatic rings. The molecule has 3 amide bonds. The first-order chi connectivity index (χ1) is 23.9. The smallest absolute Gasteiger partial charge is 0.328 e. The number of esters is 1. The van der Waals surface area contributed by atoms with Crippen molar-refractivity contribution < 1.29 is 43.3 Å². The molecule has 1 aliphatic rings. The molecule has 0 saturated carbocycles. The zero-order valence-electron chi connectivity index (χ0n) is 29.0. The summed E-state index contributed by atoms with van der Waals surface area (Å²) >= 11 is 0. The maximum absolute atomic E-state index is 13.9. The summed E-state index contributed by atoms with van der Waals surface area (Å²) in [6.07, 6.45) is 1.46. The number of ether oxygens (including phenoxy) is 3. The van der Waals surface area contributed by atoms with Crippen LogP contribution in [0.5, 0.6) is 11.5 Å². The molecule has 0 spiro atoms. The Hall–Kier alpha value is -5.46. The first-order valence-corrected chi connectivity index (χ1v) is 16.5. The molecule has 1 aliphatic carbocycles. The number of pyridine rings is 1. The minimum Gasteiger partial charge on any atom is -0.497 e. The summed E-state index contributed by atoms with van der Waals surface area (Å²) in [5, 5.41) is 18.2. The number of benzene rings is 2. The molecular formula is C37H44N4O9. The number of nitrogens with one attached hydrogen (secondary N) is 3. The van der Waals surface area contributed by atoms with Crippen molar-refractivity contribution in [2.45, 2.75) is 71.2 Å². The van der Waals surface area contributed by atoms with Crippen LogP contribution < -0.4 is 25.4 Å². The van der Waals surface area contributed by atoms with E-state index in [9.17, 15) is 29.1 Å². The van der Waals surface area contributed by atoms with Gasteiger partial charge in [-0.05, 0) is 37.5 Å². The van der Waals surface area contributed by atoms with Crippen molar-refractivity contribution in [2.24, 2.45) is 11.8 Å². The highest BCUT2D eigenvalue weighted by molar-refractivity contribution is 6.03. The number of rotatable bonds is 15. The first kappa shape index (κ1) is 37.4. The van der Waals surface area contributed by atoms with Crippen LogP contribution in [0.2, 0.25) is 0 Å². The summed E-state index contributed by atoms with van der Waals surface area (Å²) in [6, 6.07) is 13.5. The third kappa shape index (κ3) is 8.95. The van der Waals surface area contributed by atoms with E-state index in [1.807, 2.05) is 36.4 Å². The van der Waals surface area contributed by atoms with Gasteiger partial charge < -0.3 is 35.3 Å². The van der Waals surface area contributed by atoms with Crippen LogP contribution in [0, 0.1) is 11.8 Å². The molecule has 4 N–H and O–H groups in total. The van der Waals surface area contributed by atoms with Crippen LogP contribution >= 0.6 is 0 Å². The monoisotopic (exact) mass is 688 g/mol. The zero-order valence-corrected chi connectivity index (χ0v) is 29.0. The van der Waals surface area contributed by atoms with Gasteiger partial charge in [0, 0.05) is 35.1 Å². The van der Waals surface area contributed by atoms with E-state index in [-0.39, 0.29) is 18.4 Å². The average molecular weight is 689 g/mol. The highest BCUT2D eigenvalue weighted by Gasteiger charge is 2.40. The van der Waals surface area contributed by atoms with Gasteiger partial charge in [0.2, 0.25) is 17.7 Å². The predicted octanol–water partition coefficient (Wildman–Crippen LogP) is 3.79. The van der Waals surface area contributed by atoms with E-state index in [1.54, 1.807) is 46.1 Å². The molecule has 5 atom stereocenters. The maximum Gasteiger partial charge on any atom is 0.328 e. The van der Waals surface area contributed by atoms with Crippen molar-refractivity contribution >= 4 is 40.6 Å². The van der Waals surface area contributed by atoms with E-state index in [2.05, 4.69) is 16.0 Å². The van der Waals surface area contributed by atoms with Gasteiger partial charge in [-0.3, -0.25) is 14.4 Å². The predicted molar refractivity (Wildman–Crippen MR) is 185 cm³/mol. The Bertz CT molecular complexity index is 1760. The molecule has 50 heavy (non-hydrogen) atoms. The maximum atomic E-state index is 13.9. The van der Waals surface area contributed by atoms with Crippen LogP contribution in [-0.4, -0.2) is 78.2 Å². The number of carboxylic acids is 1. The number of hydrogen-bond acceptors (Lipinski definition) is 9. The molecule has 2 aromatic carbocycles. The number of carbonyl (C=O) groups is 5. The summed E-state index contributed by atoms with van der Waals surface area (Å²) < 4.78 is 16.6. The standard InChI is InChI=1S/C37H44N4O9/c1-7-11-28(36(45)46)40-33(42)26-16-24(17-27(26)34(43)41-32(20(2)3)35(44)38-21(4)37(47)49-6)50-31-19-29(22-12-9-8-10-13-22)39-30-18-23(48-5)14-15-25(30)31/h8-10,12-15,17-21,24,26,28,32H,7,11,16H2,1-6H3,(H,38,44)(H,40,42)(H,41,43)(H,45,46)/t21-,24-,26-,28-,32-/m0/s1. The minimum absolute atomic E-state index is 0.0195. The van der Waals surface area contributed by atoms with Gasteiger partial charge in [0.15, 0.2) is 0 Å². The average Bonchev–Trinajstić information content (AvgIpc) is 3.53. The fourth-order valence-electron chi connectivity index (χ4n) is 5.75. The Morgan fingerprint density at radius 2 is 1.68 bits per heavy atom. The Balaban J connectivity index is 1.70. The summed E-state index contributed by atoms with van der Waals surface area (Å²) in [4.78, 5) is 69.4. The van der Waals surface area contributed by atoms with Gasteiger partial charge in [-0.1, -0.05) is 57.5 Å². The second-order valence-electron chi connectivity index (χ2n) is 12.5. The normalized spacial score (nSPS) is 17.2. The third-order valence-electron chi connectivity index (χ3n) is 8.46. The summed E-state index contributed by atoms with van der Waals surface area (Å²) in [7, 11) is 2.76. The highest BCUT2D eigenvalue weighted by atomic mass is 16.5. The molecule has 0 saturated heterocycles. The van der Waals surface area contributed by atoms with Crippen molar-refractivity contribution in [1.29, 1.82) is 0 Å². The van der Waals surface area contributed by atoms with Gasteiger partial charge in [0.25, 0.3) is 0 Å². The van der Waals surface area contributed by atoms with Crippen LogP contribution in [-0.2, 0) is 28.7 Å². The quantitative estimate of drug-likeness (QED) is 0.172. The molecule has 0 fully saturated rings. The molecule has 0 unspecified atom stereocenters. The van der Waals surface area contributed by atoms with Gasteiger partial charge in [-0.2, -0.15) is 0 Å². The molecule has 0 aliphatic heterocycles. The van der Waals surface area contributed by atoms with Crippen LogP contribution in [0.25, 0.3) is 22.2 Å². The number of carbonyl (C=O) groups excluding carboxylic acids is 4. The summed E-state index contributed by atoms with van der Waals surface area (Å²) in [6.45, 7) is 6.71. The third-order valence-corrected chi connectivity index (χ3v) is 8.46. The number of aromatic nitrogens is 1. The Morgan fingerprint density at radius 3 is 2.30 bits per heavy atom. The fourth-order valence-corrected chi connectivity index (χ4v) is 5.75. The summed E-state index contributed by atoms with van der Waals surface area (Å²) in [5.74, 6) is -4.26. The van der Waals surface area contributed by atoms with Crippen molar-refractivity contribution in [3.05, 3.63) is 66.2 Å². The number of hydrogen-bond donors (Lipinski definition) is 4. The molecule has 0 bridgehead atoms. The molecule has 13 nitrogen and oxygen atoms in total. The van der Waals surface area contributed by atoms with Crippen LogP contribution in [0.15, 0.2) is 66.2 Å². The molecule has 1 aromatic heterocycles. The second kappa shape index (κ2) is 16.8. The van der Waals surface area contributed by atoms with E-state index in [0.717, 1.165) is 5.56 Å². The van der Waals surface area contributed by atoms with Crippen LogP contribution in [0.3, 0.4) is 0 Å². The van der Waals surface area contributed by atoms with E-state index >= 15 is 0 Å². The van der Waals surface area contributed by atoms with E-state index < -0.39 is 65.7 Å². The molecule has 4 rings (SSSR count). The van der Waals surface area contributed by atoms with Crippen molar-refractivity contribution in [3.8, 4) is 22.8 Å². The lowest BCUT2D eigenvalue weighted by molar-refractivity contribution is -0.145. The van der Waals surface area contributed by atoms with Gasteiger partial charge in [0.1, 0.15) is 35.7 Å². The number of fused-ring (bicyclic) bond motifs is 1. The molecule has 13 heteroatoms. The first-order valence-electron chi connectivity index (χ1n) is 16.5. The Kier molecular flexibility index (Phi) is 12.5. The molecule has 266 valence electrons. The van der Waals surface area contributed by atoms with Gasteiger partial charge in [-0.15, -0.1) is 0 Å². The number of amides is 3. The van der Waals surface area contributed by atoms with Gasteiger partial charge in [0.05, 0.1) is 31.3 Å². The van der Waals surface area contributed by atoms with E-state index in [0.29, 0.717) is 34.5 Å². The Labute approximate surface area is 290 Å². The van der Waals surface area contributed by atoms with Crippen molar-refractivity contribution in [2.75, 3.05) is 14.2 Å². The topological polar surface area (TPSA) is 182 Å². The SMILES string of the molecule is CCC[C@H](NC(=O)[C@H]1C[C@H](Oc2cc(-c3ccccc3)nc3cc(OC)ccc23)C=C1C(=O)N[C@H](C(=O)N[C@@H](C)C(=O)OC)C(C)C)C(=O)O. The number of methoxy groups -OCH3 is 2. The molecule has 0 radical (unpaired) electrons. The van der Waals surface area contributed by atoms with Crippen molar-refractivity contribution in [1.82, 2.24) is 20.9 Å². The minimum atomic E-state index is -1.19. The van der Waals surface area contributed by atoms with Crippen molar-refractivity contribution in [3.63, 3.8) is 0 Å².